The minimum atomic E-state index is -0.848. The maximum Gasteiger partial charge on any atom is 0.322 e. The Hall–Kier alpha value is -3.00. The summed E-state index contributed by atoms with van der Waals surface area (Å²) in [5.41, 5.74) is 0.847. The number of hydrogen-bond acceptors (Lipinski definition) is 3. The molecule has 2 N–H and O–H groups in total. The van der Waals surface area contributed by atoms with Crippen LogP contribution >= 0.6 is 0 Å². The number of nitrogens with one attached hydrogen (secondary N) is 2. The number of benzene rings is 2. The van der Waals surface area contributed by atoms with Crippen LogP contribution < -0.4 is 10.6 Å². The van der Waals surface area contributed by atoms with Crippen molar-refractivity contribution in [3.05, 3.63) is 65.7 Å². The molecule has 1 heterocycles. The van der Waals surface area contributed by atoms with Crippen molar-refractivity contribution in [3.63, 3.8) is 0 Å². The number of piperidine rings is 1. The summed E-state index contributed by atoms with van der Waals surface area (Å²) in [5.74, 6) is -2.02. The molecular formula is C23H28F2N4O2. The Kier molecular flexibility index (Phi) is 7.57. The Morgan fingerprint density at radius 3 is 2.52 bits per heavy atom. The van der Waals surface area contributed by atoms with Crippen molar-refractivity contribution in [2.45, 2.75) is 18.9 Å². The molecule has 3 amide bonds. The van der Waals surface area contributed by atoms with Crippen molar-refractivity contribution < 1.29 is 18.4 Å². The summed E-state index contributed by atoms with van der Waals surface area (Å²) in [4.78, 5) is 29.3. The van der Waals surface area contributed by atoms with Crippen molar-refractivity contribution in [1.82, 2.24) is 15.1 Å². The first-order chi connectivity index (χ1) is 14.8. The first-order valence-electron chi connectivity index (χ1n) is 10.3. The van der Waals surface area contributed by atoms with Crippen LogP contribution in [0.4, 0.5) is 19.3 Å². The molecule has 6 nitrogen and oxygen atoms in total. The third-order valence-electron chi connectivity index (χ3n) is 5.43. The molecule has 2 atom stereocenters. The number of rotatable bonds is 6. The summed E-state index contributed by atoms with van der Waals surface area (Å²) in [5, 5.41) is 5.45. The van der Waals surface area contributed by atoms with Gasteiger partial charge in [-0.2, -0.15) is 0 Å². The molecule has 0 aromatic heterocycles. The summed E-state index contributed by atoms with van der Waals surface area (Å²) >= 11 is 0. The third-order valence-corrected chi connectivity index (χ3v) is 5.43. The van der Waals surface area contributed by atoms with Crippen molar-refractivity contribution >= 4 is 17.6 Å². The molecule has 1 aliphatic heterocycles. The molecule has 1 fully saturated rings. The van der Waals surface area contributed by atoms with E-state index in [0.717, 1.165) is 24.2 Å². The van der Waals surface area contributed by atoms with Crippen LogP contribution in [-0.2, 0) is 4.79 Å². The predicted octanol–water partition coefficient (Wildman–Crippen LogP) is 3.63. The quantitative estimate of drug-likeness (QED) is 0.736. The van der Waals surface area contributed by atoms with E-state index in [1.54, 1.807) is 4.90 Å². The van der Waals surface area contributed by atoms with Crippen LogP contribution in [0.2, 0.25) is 0 Å². The number of carbonyl (C=O) groups excluding carboxylic acids is 2. The smallest absolute Gasteiger partial charge is 0.322 e. The molecule has 31 heavy (non-hydrogen) atoms. The number of carbonyl (C=O) groups is 2. The molecule has 1 aliphatic rings. The van der Waals surface area contributed by atoms with Crippen LogP contribution in [0, 0.1) is 17.6 Å². The van der Waals surface area contributed by atoms with Gasteiger partial charge in [0.1, 0.15) is 11.6 Å². The van der Waals surface area contributed by atoms with Crippen molar-refractivity contribution in [1.29, 1.82) is 0 Å². The Morgan fingerprint density at radius 1 is 1.10 bits per heavy atom. The van der Waals surface area contributed by atoms with Gasteiger partial charge in [0.2, 0.25) is 5.91 Å². The molecule has 2 unspecified atom stereocenters. The molecule has 3 rings (SSSR count). The van der Waals surface area contributed by atoms with E-state index in [4.69, 9.17) is 0 Å². The normalized spacial score (nSPS) is 18.7. The SMILES string of the molecule is CN(C)CCNC(=O)C1CCC(c2ccccc2)N(C(=O)Nc2ccc(F)cc2F)C1. The van der Waals surface area contributed by atoms with E-state index in [1.807, 2.05) is 49.3 Å². The molecule has 8 heteroatoms. The molecule has 0 saturated carbocycles. The first-order valence-corrected chi connectivity index (χ1v) is 10.3. The van der Waals surface area contributed by atoms with Crippen LogP contribution in [0.5, 0.6) is 0 Å². The summed E-state index contributed by atoms with van der Waals surface area (Å²) in [6, 6.07) is 11.8. The average molecular weight is 430 g/mol. The number of urea groups is 1. The van der Waals surface area contributed by atoms with Gasteiger partial charge in [0.05, 0.1) is 17.6 Å². The number of nitrogens with zero attached hydrogens (tertiary/aromatic N) is 2. The number of likely N-dealkylation sites (N-methyl/N-ethyl adjacent to an activating group) is 1. The number of halogens is 2. The van der Waals surface area contributed by atoms with Crippen molar-refractivity contribution in [2.75, 3.05) is 39.0 Å². The zero-order valence-corrected chi connectivity index (χ0v) is 17.8. The van der Waals surface area contributed by atoms with Gasteiger partial charge in [0.25, 0.3) is 0 Å². The highest BCUT2D eigenvalue weighted by Gasteiger charge is 2.35. The first kappa shape index (κ1) is 22.7. The third kappa shape index (κ3) is 6.01. The molecule has 166 valence electrons. The van der Waals surface area contributed by atoms with E-state index in [0.29, 0.717) is 19.4 Å². The van der Waals surface area contributed by atoms with Crippen LogP contribution in [0.1, 0.15) is 24.4 Å². The largest absolute Gasteiger partial charge is 0.355 e. The lowest BCUT2D eigenvalue weighted by Gasteiger charge is -2.39. The molecule has 0 spiro atoms. The molecule has 2 aromatic rings. The Balaban J connectivity index is 1.76. The fourth-order valence-electron chi connectivity index (χ4n) is 3.76. The number of amides is 3. The molecule has 1 saturated heterocycles. The van der Waals surface area contributed by atoms with Crippen molar-refractivity contribution in [2.24, 2.45) is 5.92 Å². The average Bonchev–Trinajstić information content (AvgIpc) is 2.75. The van der Waals surface area contributed by atoms with Crippen LogP contribution in [-0.4, -0.2) is 55.5 Å². The Bertz CT molecular complexity index is 908. The molecule has 0 radical (unpaired) electrons. The fourth-order valence-corrected chi connectivity index (χ4v) is 3.76. The van der Waals surface area contributed by atoms with Crippen molar-refractivity contribution in [3.8, 4) is 0 Å². The molecular weight excluding hydrogens is 402 g/mol. The summed E-state index contributed by atoms with van der Waals surface area (Å²) in [7, 11) is 3.86. The van der Waals surface area contributed by atoms with Gasteiger partial charge < -0.3 is 20.4 Å². The maximum absolute atomic E-state index is 14.1. The number of hydrogen-bond donors (Lipinski definition) is 2. The van der Waals surface area contributed by atoms with Gasteiger partial charge >= 0.3 is 6.03 Å². The van der Waals surface area contributed by atoms with E-state index in [-0.39, 0.29) is 30.1 Å². The summed E-state index contributed by atoms with van der Waals surface area (Å²) in [6.07, 6.45) is 1.25. The molecule has 2 aromatic carbocycles. The Morgan fingerprint density at radius 2 is 1.84 bits per heavy atom. The van der Waals surface area contributed by atoms with E-state index in [1.165, 1.54) is 6.07 Å². The topological polar surface area (TPSA) is 64.7 Å². The lowest BCUT2D eigenvalue weighted by Crippen LogP contribution is -2.49. The van der Waals surface area contributed by atoms with E-state index >= 15 is 0 Å². The van der Waals surface area contributed by atoms with Gasteiger partial charge in [-0.3, -0.25) is 4.79 Å². The number of likely N-dealkylation sites (tertiary alicyclic amines) is 1. The van der Waals surface area contributed by atoms with Crippen LogP contribution in [0.25, 0.3) is 0 Å². The van der Waals surface area contributed by atoms with E-state index in [2.05, 4.69) is 10.6 Å². The zero-order chi connectivity index (χ0) is 22.4. The highest BCUT2D eigenvalue weighted by molar-refractivity contribution is 5.90. The monoisotopic (exact) mass is 430 g/mol. The Labute approximate surface area is 181 Å². The van der Waals surface area contributed by atoms with Gasteiger partial charge in [0.15, 0.2) is 0 Å². The highest BCUT2D eigenvalue weighted by atomic mass is 19.1. The second-order valence-electron chi connectivity index (χ2n) is 8.00. The van der Waals surface area contributed by atoms with E-state index < -0.39 is 17.7 Å². The molecule has 0 aliphatic carbocycles. The van der Waals surface area contributed by atoms with Gasteiger partial charge in [-0.25, -0.2) is 13.6 Å². The minimum Gasteiger partial charge on any atom is -0.355 e. The van der Waals surface area contributed by atoms with Gasteiger partial charge in [0, 0.05) is 25.7 Å². The molecule has 0 bridgehead atoms. The van der Waals surface area contributed by atoms with Gasteiger partial charge in [-0.15, -0.1) is 0 Å². The lowest BCUT2D eigenvalue weighted by molar-refractivity contribution is -0.126. The predicted molar refractivity (Wildman–Crippen MR) is 116 cm³/mol. The zero-order valence-electron chi connectivity index (χ0n) is 17.8. The van der Waals surface area contributed by atoms with Gasteiger partial charge in [-0.1, -0.05) is 30.3 Å². The lowest BCUT2D eigenvalue weighted by atomic mass is 9.88. The second kappa shape index (κ2) is 10.3. The standard InChI is InChI=1S/C23H28F2N4O2/c1-28(2)13-12-26-22(30)17-8-11-21(16-6-4-3-5-7-16)29(15-17)23(31)27-20-10-9-18(24)14-19(20)25/h3-7,9-10,14,17,21H,8,11-13,15H2,1-2H3,(H,26,30)(H,27,31). The second-order valence-corrected chi connectivity index (χ2v) is 8.00. The van der Waals surface area contributed by atoms with Crippen LogP contribution in [0.15, 0.2) is 48.5 Å². The van der Waals surface area contributed by atoms with E-state index in [9.17, 15) is 18.4 Å². The summed E-state index contributed by atoms with van der Waals surface area (Å²) in [6.45, 7) is 1.46. The maximum atomic E-state index is 14.1. The van der Waals surface area contributed by atoms with Crippen LogP contribution in [0.3, 0.4) is 0 Å². The summed E-state index contributed by atoms with van der Waals surface area (Å²) < 4.78 is 27.3. The minimum absolute atomic E-state index is 0.0980. The highest BCUT2D eigenvalue weighted by Crippen LogP contribution is 2.34. The number of anilines is 1. The van der Waals surface area contributed by atoms with Gasteiger partial charge in [-0.05, 0) is 44.6 Å². The fraction of sp³-hybridized carbons (Fsp3) is 0.391.